The van der Waals surface area contributed by atoms with Crippen LogP contribution in [0.5, 0.6) is 0 Å². The predicted octanol–water partition coefficient (Wildman–Crippen LogP) is 0.113. The normalized spacial score (nSPS) is 25.9. The molecule has 0 aliphatic carbocycles. The fourth-order valence-electron chi connectivity index (χ4n) is 3.73. The van der Waals surface area contributed by atoms with Crippen LogP contribution in [0.1, 0.15) is 31.4 Å². The van der Waals surface area contributed by atoms with Crippen molar-refractivity contribution in [2.45, 2.75) is 37.8 Å². The largest absolute Gasteiger partial charge is 0.358 e. The van der Waals surface area contributed by atoms with Crippen LogP contribution in [0.15, 0.2) is 12.5 Å². The molecule has 3 heterocycles. The van der Waals surface area contributed by atoms with Crippen LogP contribution < -0.4 is 5.32 Å². The van der Waals surface area contributed by atoms with Crippen molar-refractivity contribution >= 4 is 11.8 Å². The van der Waals surface area contributed by atoms with E-state index in [0.29, 0.717) is 6.42 Å². The summed E-state index contributed by atoms with van der Waals surface area (Å²) in [6, 6.07) is 0. The van der Waals surface area contributed by atoms with E-state index in [1.54, 1.807) is 13.4 Å². The highest BCUT2D eigenvalue weighted by atomic mass is 16.2. The molecule has 1 aromatic rings. The highest BCUT2D eigenvalue weighted by Crippen LogP contribution is 2.38. The Balaban J connectivity index is 1.72. The van der Waals surface area contributed by atoms with E-state index in [0.717, 1.165) is 44.6 Å². The molecule has 1 aromatic heterocycles. The van der Waals surface area contributed by atoms with E-state index in [4.69, 9.17) is 0 Å². The first kappa shape index (κ1) is 15.0. The van der Waals surface area contributed by atoms with Crippen molar-refractivity contribution in [3.05, 3.63) is 18.2 Å². The second-order valence-electron chi connectivity index (χ2n) is 6.27. The molecule has 0 saturated carbocycles. The summed E-state index contributed by atoms with van der Waals surface area (Å²) in [5.74, 6) is 0.00677. The standard InChI is InChI=1S/C15H23N5O2/c1-16-13(21)9-20-14(22)3-5-15(20)4-2-6-19(10-15)8-12-7-17-11-18-12/h7,11H,2-6,8-10H2,1H3,(H,16,21)(H,17,18). The van der Waals surface area contributed by atoms with Crippen LogP contribution in [0, 0.1) is 0 Å². The van der Waals surface area contributed by atoms with Gasteiger partial charge < -0.3 is 15.2 Å². The van der Waals surface area contributed by atoms with Gasteiger partial charge in [0.1, 0.15) is 6.54 Å². The maximum Gasteiger partial charge on any atom is 0.239 e. The number of amides is 2. The molecule has 2 fully saturated rings. The second-order valence-corrected chi connectivity index (χ2v) is 6.27. The summed E-state index contributed by atoms with van der Waals surface area (Å²) < 4.78 is 0. The highest BCUT2D eigenvalue weighted by Gasteiger charge is 2.47. The molecule has 1 unspecified atom stereocenters. The topological polar surface area (TPSA) is 81.3 Å². The second kappa shape index (κ2) is 6.08. The summed E-state index contributed by atoms with van der Waals surface area (Å²) in [5, 5.41) is 2.62. The van der Waals surface area contributed by atoms with Crippen LogP contribution in [0.4, 0.5) is 0 Å². The number of likely N-dealkylation sites (tertiary alicyclic amines) is 2. The molecule has 1 spiro atoms. The first-order valence-electron chi connectivity index (χ1n) is 7.84. The van der Waals surface area contributed by atoms with Gasteiger partial charge in [-0.15, -0.1) is 0 Å². The summed E-state index contributed by atoms with van der Waals surface area (Å²) in [6.45, 7) is 2.83. The van der Waals surface area contributed by atoms with E-state index in [2.05, 4.69) is 20.2 Å². The minimum atomic E-state index is -0.179. The maximum absolute atomic E-state index is 12.2. The molecule has 2 saturated heterocycles. The third kappa shape index (κ3) is 2.85. The lowest BCUT2D eigenvalue weighted by atomic mass is 9.86. The van der Waals surface area contributed by atoms with Gasteiger partial charge in [-0.05, 0) is 25.8 Å². The van der Waals surface area contributed by atoms with Crippen molar-refractivity contribution in [3.8, 4) is 0 Å². The molecular formula is C15H23N5O2. The van der Waals surface area contributed by atoms with Gasteiger partial charge in [-0.2, -0.15) is 0 Å². The zero-order chi connectivity index (χ0) is 15.6. The number of carbonyl (C=O) groups is 2. The van der Waals surface area contributed by atoms with E-state index in [9.17, 15) is 9.59 Å². The van der Waals surface area contributed by atoms with E-state index in [1.165, 1.54) is 0 Å². The van der Waals surface area contributed by atoms with E-state index < -0.39 is 0 Å². The number of H-pyrrole nitrogens is 1. The minimum Gasteiger partial charge on any atom is -0.358 e. The maximum atomic E-state index is 12.2. The molecular weight excluding hydrogens is 282 g/mol. The molecule has 2 N–H and O–H groups in total. The Morgan fingerprint density at radius 1 is 1.50 bits per heavy atom. The quantitative estimate of drug-likeness (QED) is 0.827. The van der Waals surface area contributed by atoms with Gasteiger partial charge in [-0.25, -0.2) is 4.98 Å². The lowest BCUT2D eigenvalue weighted by Gasteiger charge is -2.45. The van der Waals surface area contributed by atoms with Crippen LogP contribution in [-0.2, 0) is 16.1 Å². The van der Waals surface area contributed by atoms with Gasteiger partial charge in [0.15, 0.2) is 0 Å². The molecule has 2 aliphatic heterocycles. The Morgan fingerprint density at radius 3 is 3.09 bits per heavy atom. The van der Waals surface area contributed by atoms with Crippen LogP contribution in [-0.4, -0.2) is 63.8 Å². The Kier molecular flexibility index (Phi) is 4.15. The van der Waals surface area contributed by atoms with Crippen LogP contribution in [0.3, 0.4) is 0 Å². The predicted molar refractivity (Wildman–Crippen MR) is 80.8 cm³/mol. The molecule has 2 aliphatic rings. The molecule has 22 heavy (non-hydrogen) atoms. The van der Waals surface area contributed by atoms with Gasteiger partial charge in [-0.3, -0.25) is 14.5 Å². The monoisotopic (exact) mass is 305 g/mol. The van der Waals surface area contributed by atoms with Gasteiger partial charge in [0, 0.05) is 38.4 Å². The van der Waals surface area contributed by atoms with E-state index in [-0.39, 0.29) is 23.9 Å². The third-order valence-corrected chi connectivity index (χ3v) is 4.84. The van der Waals surface area contributed by atoms with Crippen LogP contribution in [0.2, 0.25) is 0 Å². The number of rotatable bonds is 4. The number of aromatic nitrogens is 2. The molecule has 0 radical (unpaired) electrons. The average molecular weight is 305 g/mol. The van der Waals surface area contributed by atoms with Gasteiger partial charge in [0.05, 0.1) is 11.9 Å². The number of nitrogens with zero attached hydrogens (tertiary/aromatic N) is 3. The zero-order valence-electron chi connectivity index (χ0n) is 13.0. The molecule has 3 rings (SSSR count). The van der Waals surface area contributed by atoms with Gasteiger partial charge in [0.2, 0.25) is 11.8 Å². The smallest absolute Gasteiger partial charge is 0.239 e. The van der Waals surface area contributed by atoms with Crippen molar-refractivity contribution in [1.29, 1.82) is 0 Å². The van der Waals surface area contributed by atoms with Crippen molar-refractivity contribution in [2.24, 2.45) is 0 Å². The summed E-state index contributed by atoms with van der Waals surface area (Å²) in [6.07, 6.45) is 6.95. The summed E-state index contributed by atoms with van der Waals surface area (Å²) >= 11 is 0. The minimum absolute atomic E-state index is 0.0969. The van der Waals surface area contributed by atoms with Gasteiger partial charge in [-0.1, -0.05) is 0 Å². The number of piperidine rings is 1. The number of likely N-dealkylation sites (N-methyl/N-ethyl adjacent to an activating group) is 1. The lowest BCUT2D eigenvalue weighted by molar-refractivity contribution is -0.138. The van der Waals surface area contributed by atoms with Crippen molar-refractivity contribution in [1.82, 2.24) is 25.1 Å². The molecule has 7 heteroatoms. The first-order valence-corrected chi connectivity index (χ1v) is 7.84. The Morgan fingerprint density at radius 2 is 2.36 bits per heavy atom. The fourth-order valence-corrected chi connectivity index (χ4v) is 3.73. The third-order valence-electron chi connectivity index (χ3n) is 4.84. The van der Waals surface area contributed by atoms with Crippen LogP contribution >= 0.6 is 0 Å². The van der Waals surface area contributed by atoms with Crippen molar-refractivity contribution < 1.29 is 9.59 Å². The molecule has 2 amide bonds. The Labute approximate surface area is 130 Å². The summed E-state index contributed by atoms with van der Waals surface area (Å²) in [7, 11) is 1.61. The molecule has 120 valence electrons. The number of imidazole rings is 1. The fraction of sp³-hybridized carbons (Fsp3) is 0.667. The van der Waals surface area contributed by atoms with E-state index >= 15 is 0 Å². The number of nitrogens with one attached hydrogen (secondary N) is 2. The number of aromatic amines is 1. The zero-order valence-corrected chi connectivity index (χ0v) is 13.0. The summed E-state index contributed by atoms with van der Waals surface area (Å²) in [5.41, 5.74) is 0.904. The first-order chi connectivity index (χ1) is 10.6. The SMILES string of the molecule is CNC(=O)CN1C(=O)CCC12CCCN(Cc1cnc[nH]1)C2. The Hall–Kier alpha value is -1.89. The number of hydrogen-bond donors (Lipinski definition) is 2. The molecule has 1 atom stereocenters. The number of hydrogen-bond acceptors (Lipinski definition) is 4. The average Bonchev–Trinajstić information content (AvgIpc) is 3.12. The van der Waals surface area contributed by atoms with E-state index in [1.807, 2.05) is 11.1 Å². The molecule has 0 bridgehead atoms. The van der Waals surface area contributed by atoms with Gasteiger partial charge in [0.25, 0.3) is 0 Å². The van der Waals surface area contributed by atoms with Crippen molar-refractivity contribution in [2.75, 3.05) is 26.7 Å². The highest BCUT2D eigenvalue weighted by molar-refractivity contribution is 5.86. The van der Waals surface area contributed by atoms with Gasteiger partial charge >= 0.3 is 0 Å². The lowest BCUT2D eigenvalue weighted by Crippen LogP contribution is -2.58. The molecule has 7 nitrogen and oxygen atoms in total. The Bertz CT molecular complexity index is 544. The summed E-state index contributed by atoms with van der Waals surface area (Å²) in [4.78, 5) is 35.3. The van der Waals surface area contributed by atoms with Crippen molar-refractivity contribution in [3.63, 3.8) is 0 Å². The number of carbonyl (C=O) groups excluding carboxylic acids is 2. The molecule has 0 aromatic carbocycles. The van der Waals surface area contributed by atoms with Crippen LogP contribution in [0.25, 0.3) is 0 Å².